The number of hydrazine groups is 1. The van der Waals surface area contributed by atoms with Crippen LogP contribution < -0.4 is 63.4 Å². The predicted molar refractivity (Wildman–Crippen MR) is 464 cm³/mol. The number of aryl methyl sites for hydroxylation is 6. The lowest BCUT2D eigenvalue weighted by Gasteiger charge is -2.26. The van der Waals surface area contributed by atoms with Crippen LogP contribution in [0.2, 0.25) is 0 Å². The fourth-order valence-electron chi connectivity index (χ4n) is 14.2. The first kappa shape index (κ1) is 96.3. The molecule has 0 radical (unpaired) electrons. The highest BCUT2D eigenvalue weighted by Crippen LogP contribution is 2.36. The minimum absolute atomic E-state index is 0. The van der Waals surface area contributed by atoms with Crippen molar-refractivity contribution >= 4 is 124 Å². The molecule has 5 aliphatic rings. The molecule has 33 heteroatoms. The molecule has 628 valence electrons. The SMILES string of the molecule is CN(C)c1cc[n+](S(=O)(=O)NC(=O)OC(C)(C)C)cc1.Cc1cc2ncc(C#N)c(N3CCCN(CCN)CC3)c2cc1C.Cc1cc2ncc(C#N)c(N3CCCN(CCN4C(=O)c5ccccc5C4=O)CC3)c2cc1C.Cc1cc2ncc(C#N)c(N3CCCNCC3)c2cc1C.Cl.NN.O.O=C1c2ccccc2C(=O)N1CCBr.[Cl-]. The Morgan fingerprint density at radius 2 is 0.915 bits per heavy atom. The number of rotatable bonds is 13. The van der Waals surface area contributed by atoms with Crippen molar-refractivity contribution in [2.45, 2.75) is 87.2 Å². The summed E-state index contributed by atoms with van der Waals surface area (Å²) in [6.07, 6.45) is 9.91. The van der Waals surface area contributed by atoms with Gasteiger partial charge < -0.3 is 58.2 Å². The lowest BCUT2D eigenvalue weighted by atomic mass is 10.0. The number of nitrogens with zero attached hydrogens (tertiary/aromatic N) is 15. The first-order chi connectivity index (χ1) is 55.1. The highest BCUT2D eigenvalue weighted by atomic mass is 79.9. The molecule has 0 spiro atoms. The van der Waals surface area contributed by atoms with E-state index in [1.807, 2.05) is 23.7 Å². The molecule has 5 amide bonds. The Balaban J connectivity index is 0.000000232. The van der Waals surface area contributed by atoms with E-state index in [4.69, 9.17) is 10.5 Å². The van der Waals surface area contributed by atoms with Crippen LogP contribution >= 0.6 is 28.3 Å². The molecule has 29 nitrogen and oxygen atoms in total. The quantitative estimate of drug-likeness (QED) is 0.0290. The van der Waals surface area contributed by atoms with Crippen molar-refractivity contribution in [2.24, 2.45) is 17.4 Å². The van der Waals surface area contributed by atoms with Crippen molar-refractivity contribution < 1.29 is 59.0 Å². The lowest BCUT2D eigenvalue weighted by Crippen LogP contribution is -3.00. The summed E-state index contributed by atoms with van der Waals surface area (Å²) in [5.74, 6) is 7.21. The summed E-state index contributed by atoms with van der Waals surface area (Å²) in [4.78, 5) is 89.8. The summed E-state index contributed by atoms with van der Waals surface area (Å²) < 4.78 is 31.5. The van der Waals surface area contributed by atoms with Crippen LogP contribution in [0.5, 0.6) is 0 Å². The molecule has 0 aliphatic carbocycles. The van der Waals surface area contributed by atoms with Crippen molar-refractivity contribution in [3.05, 3.63) is 200 Å². The van der Waals surface area contributed by atoms with E-state index in [1.54, 1.807) is 100 Å². The summed E-state index contributed by atoms with van der Waals surface area (Å²) in [6.45, 7) is 31.7. The second kappa shape index (κ2) is 44.3. The van der Waals surface area contributed by atoms with Gasteiger partial charge in [-0.25, -0.2) is 4.79 Å². The number of nitriles is 3. The van der Waals surface area contributed by atoms with Gasteiger partial charge in [-0.1, -0.05) is 44.2 Å². The number of fused-ring (bicyclic) bond motifs is 5. The van der Waals surface area contributed by atoms with E-state index in [1.165, 1.54) is 55.6 Å². The molecular formula is C85H107BrCl2N20O9S. The number of ether oxygens (including phenoxy) is 1. The Hall–Kier alpha value is -10.6. The average molecular weight is 1740 g/mol. The van der Waals surface area contributed by atoms with Gasteiger partial charge in [0, 0.05) is 164 Å². The third kappa shape index (κ3) is 23.7. The molecule has 0 unspecified atom stereocenters. The number of nitrogens with two attached hydrogens (primary N) is 3. The number of halogens is 3. The molecule has 0 atom stereocenters. The van der Waals surface area contributed by atoms with Crippen molar-refractivity contribution in [3.8, 4) is 18.2 Å². The van der Waals surface area contributed by atoms with Gasteiger partial charge in [-0.3, -0.25) is 60.5 Å². The number of imide groups is 2. The minimum Gasteiger partial charge on any atom is -1.00 e. The molecule has 3 saturated heterocycles. The van der Waals surface area contributed by atoms with E-state index in [0.717, 1.165) is 164 Å². The standard InChI is InChI=1S/C27H27N5O2.C19H25N5.C17H20N4.C12H19N3O4S.C10H8BrNO2.2ClH.H4N2.H2O/c1-18-14-23-24(15-19(18)2)29-17-20(16-28)25(23)31-9-5-8-30(10-12-31)11-13-32-26(33)21-6-3-4-7-22(21)27(32)34;1-14-10-17-18(11-15(14)2)22-13-16(12-21)19(17)24-6-3-5-23(7-4-20)8-9-24;1-12-8-15-16(9-13(12)2)20-11-14(10-18)17(15)21-6-3-4-19-5-7-21;1-12(2,3)19-11(16)13-20(17,18)15-8-6-10(7-9-15)14(4)5;11-5-6-12-9(13)7-3-1-2-4-8(7)10(12)14;;;1-2;/h3-4,6-7,14-15,17H,5,8-13H2,1-2H3;10-11,13H,3-9,20H2,1-2H3;8-9,11,19H,3-7H2,1-2H3;6-9H,1-5H3;1-4H,5-6H2;2*1H;1-2H2;1H2. The van der Waals surface area contributed by atoms with Crippen LogP contribution in [0.4, 0.5) is 27.5 Å². The van der Waals surface area contributed by atoms with Crippen LogP contribution in [0.25, 0.3) is 32.7 Å². The number of aromatic nitrogens is 4. The Labute approximate surface area is 712 Å². The van der Waals surface area contributed by atoms with Crippen LogP contribution in [-0.4, -0.2) is 214 Å². The number of pyridine rings is 4. The number of nitrogens with one attached hydrogen (secondary N) is 2. The van der Waals surface area contributed by atoms with Crippen LogP contribution in [0.3, 0.4) is 0 Å². The Kier molecular flexibility index (Phi) is 36.1. The first-order valence-corrected chi connectivity index (χ1v) is 40.9. The minimum atomic E-state index is -4.00. The average Bonchev–Trinajstić information content (AvgIpc) is 1.20. The van der Waals surface area contributed by atoms with E-state index >= 15 is 0 Å². The zero-order valence-corrected chi connectivity index (χ0v) is 72.7. The van der Waals surface area contributed by atoms with E-state index in [0.29, 0.717) is 70.5 Å². The molecule has 14 rings (SSSR count). The van der Waals surface area contributed by atoms with E-state index in [9.17, 15) is 48.2 Å². The predicted octanol–water partition coefficient (Wildman–Crippen LogP) is 6.00. The third-order valence-corrected chi connectivity index (χ3v) is 22.1. The molecule has 4 aromatic heterocycles. The number of carbonyl (C=O) groups excluding carboxylic acids is 5. The first-order valence-electron chi connectivity index (χ1n) is 38.3. The second-order valence-corrected chi connectivity index (χ2v) is 32.1. The van der Waals surface area contributed by atoms with Gasteiger partial charge in [-0.15, -0.1) is 20.8 Å². The molecule has 10 N–H and O–H groups in total. The molecule has 9 aromatic rings. The number of amides is 5. The van der Waals surface area contributed by atoms with Gasteiger partial charge in [0.15, 0.2) is 12.4 Å². The number of alkyl halides is 1. The molecule has 0 saturated carbocycles. The summed E-state index contributed by atoms with van der Waals surface area (Å²) in [5.41, 5.74) is 22.9. The third-order valence-electron chi connectivity index (χ3n) is 20.5. The van der Waals surface area contributed by atoms with Crippen molar-refractivity contribution in [1.29, 1.82) is 15.8 Å². The molecular weight excluding hydrogens is 1630 g/mol. The maximum atomic E-state index is 12.7. The molecule has 0 bridgehead atoms. The van der Waals surface area contributed by atoms with E-state index in [-0.39, 0.29) is 53.9 Å². The van der Waals surface area contributed by atoms with Gasteiger partial charge >= 0.3 is 16.3 Å². The van der Waals surface area contributed by atoms with E-state index < -0.39 is 21.9 Å². The number of anilines is 4. The van der Waals surface area contributed by atoms with Crippen LogP contribution in [0.15, 0.2) is 128 Å². The molecule has 118 heavy (non-hydrogen) atoms. The summed E-state index contributed by atoms with van der Waals surface area (Å²) in [6, 6.07) is 36.9. The summed E-state index contributed by atoms with van der Waals surface area (Å²) in [5, 5.41) is 36.1. The number of hydrogen-bond donors (Lipinski definition) is 5. The molecule has 9 heterocycles. The molecule has 3 fully saturated rings. The van der Waals surface area contributed by atoms with E-state index in [2.05, 4.69) is 169 Å². The van der Waals surface area contributed by atoms with Crippen LogP contribution in [-0.2, 0) is 14.9 Å². The van der Waals surface area contributed by atoms with Gasteiger partial charge in [-0.05, 0) is 195 Å². The van der Waals surface area contributed by atoms with Gasteiger partial charge in [0.25, 0.3) is 23.6 Å². The number of benzene rings is 5. The van der Waals surface area contributed by atoms with Gasteiger partial charge in [-0.2, -0.15) is 20.5 Å². The van der Waals surface area contributed by atoms with Crippen molar-refractivity contribution in [2.75, 3.05) is 150 Å². The molecule has 5 aliphatic heterocycles. The maximum absolute atomic E-state index is 12.7. The Morgan fingerprint density at radius 3 is 1.28 bits per heavy atom. The monoisotopic (exact) mass is 1730 g/mol. The zero-order chi connectivity index (χ0) is 83.4. The van der Waals surface area contributed by atoms with Crippen LogP contribution in [0, 0.1) is 75.5 Å². The number of carbonyl (C=O) groups is 5. The topological polar surface area (TPSA) is 402 Å². The Bertz CT molecular complexity index is 5230. The largest absolute Gasteiger partial charge is 1.00 e. The van der Waals surface area contributed by atoms with Crippen LogP contribution in [0.1, 0.15) is 132 Å². The second-order valence-electron chi connectivity index (χ2n) is 29.7. The fourth-order valence-corrected chi connectivity index (χ4v) is 15.4. The highest BCUT2D eigenvalue weighted by molar-refractivity contribution is 9.09. The Morgan fingerprint density at radius 1 is 0.551 bits per heavy atom. The number of hydrogen-bond acceptors (Lipinski definition) is 24. The summed E-state index contributed by atoms with van der Waals surface area (Å²) in [7, 11) is -0.320. The lowest BCUT2D eigenvalue weighted by molar-refractivity contribution is -0.512. The normalized spacial score (nSPS) is 14.7. The van der Waals surface area contributed by atoms with Crippen molar-refractivity contribution in [1.82, 2.24) is 44.6 Å². The maximum Gasteiger partial charge on any atom is 0.474 e. The zero-order valence-electron chi connectivity index (χ0n) is 68.8. The summed E-state index contributed by atoms with van der Waals surface area (Å²) >= 11 is 3.21. The smallest absolute Gasteiger partial charge is 0.474 e. The highest BCUT2D eigenvalue weighted by Gasteiger charge is 2.37. The fraction of sp³-hybridized carbons (Fsp3) is 0.388. The van der Waals surface area contributed by atoms with Gasteiger partial charge in [0.05, 0.1) is 72.6 Å². The van der Waals surface area contributed by atoms with Crippen molar-refractivity contribution in [3.63, 3.8) is 0 Å². The van der Waals surface area contributed by atoms with Gasteiger partial charge in [0.1, 0.15) is 23.8 Å². The van der Waals surface area contributed by atoms with Gasteiger partial charge in [0.2, 0.25) is 0 Å². The molecule has 5 aromatic carbocycles.